The molecule has 5 nitrogen and oxygen atoms in total. The molecule has 0 fully saturated rings. The summed E-state index contributed by atoms with van der Waals surface area (Å²) in [4.78, 5) is 23.9. The Balaban J connectivity index is 2.74. The fourth-order valence-electron chi connectivity index (χ4n) is 1.42. The molecule has 90 valence electrons. The van der Waals surface area contributed by atoms with Crippen molar-refractivity contribution < 1.29 is 19.4 Å². The highest BCUT2D eigenvalue weighted by Gasteiger charge is 2.32. The Bertz CT molecular complexity index is 316. The zero-order chi connectivity index (χ0) is 12.3. The van der Waals surface area contributed by atoms with E-state index in [2.05, 4.69) is 0 Å². The fourth-order valence-corrected chi connectivity index (χ4v) is 1.42. The molecule has 16 heavy (non-hydrogen) atoms. The summed E-state index contributed by atoms with van der Waals surface area (Å²) in [7, 11) is 0. The van der Waals surface area contributed by atoms with Crippen molar-refractivity contribution >= 4 is 12.1 Å². The molecule has 1 unspecified atom stereocenters. The molecule has 0 aliphatic carbocycles. The summed E-state index contributed by atoms with van der Waals surface area (Å²) in [5.41, 5.74) is -0.610. The molecule has 0 bridgehead atoms. The summed E-state index contributed by atoms with van der Waals surface area (Å²) < 4.78 is 5.15. The predicted octanol–water partition coefficient (Wildman–Crippen LogP) is 1.64. The first-order valence-electron chi connectivity index (χ1n) is 5.20. The molecule has 1 N–H and O–H groups in total. The van der Waals surface area contributed by atoms with E-state index in [1.54, 1.807) is 26.8 Å². The first-order chi connectivity index (χ1) is 7.31. The lowest BCUT2D eigenvalue weighted by molar-refractivity contribution is -0.141. The third-order valence-electron chi connectivity index (χ3n) is 2.07. The van der Waals surface area contributed by atoms with E-state index in [9.17, 15) is 9.59 Å². The van der Waals surface area contributed by atoms with Gasteiger partial charge in [0.05, 0.1) is 0 Å². The van der Waals surface area contributed by atoms with E-state index in [1.807, 2.05) is 0 Å². The third kappa shape index (κ3) is 3.25. The van der Waals surface area contributed by atoms with Crippen LogP contribution in [0.4, 0.5) is 4.79 Å². The van der Waals surface area contributed by atoms with Gasteiger partial charge >= 0.3 is 12.1 Å². The zero-order valence-electron chi connectivity index (χ0n) is 9.77. The molecular formula is C11H17NO4. The highest BCUT2D eigenvalue weighted by Crippen LogP contribution is 2.16. The van der Waals surface area contributed by atoms with E-state index < -0.39 is 23.7 Å². The van der Waals surface area contributed by atoms with Gasteiger partial charge in [-0.1, -0.05) is 12.2 Å². The molecule has 1 heterocycles. The van der Waals surface area contributed by atoms with Crippen LogP contribution in [-0.2, 0) is 9.53 Å². The fraction of sp³-hybridized carbons (Fsp3) is 0.636. The Morgan fingerprint density at radius 1 is 1.44 bits per heavy atom. The van der Waals surface area contributed by atoms with Crippen LogP contribution in [0.2, 0.25) is 0 Å². The van der Waals surface area contributed by atoms with Crippen LogP contribution in [0.25, 0.3) is 0 Å². The maximum Gasteiger partial charge on any atom is 0.411 e. The number of carbonyl (C=O) groups excluding carboxylic acids is 1. The second-order valence-electron chi connectivity index (χ2n) is 4.67. The van der Waals surface area contributed by atoms with Crippen molar-refractivity contribution in [3.63, 3.8) is 0 Å². The predicted molar refractivity (Wildman–Crippen MR) is 58.1 cm³/mol. The summed E-state index contributed by atoms with van der Waals surface area (Å²) >= 11 is 0. The Labute approximate surface area is 94.7 Å². The number of ether oxygens (including phenoxy) is 1. The van der Waals surface area contributed by atoms with Crippen molar-refractivity contribution in [2.45, 2.75) is 38.8 Å². The largest absolute Gasteiger partial charge is 0.479 e. The SMILES string of the molecule is CC(C)(C)OC(=O)N1CCC=CC1C(=O)O. The smallest absolute Gasteiger partial charge is 0.411 e. The number of carbonyl (C=O) groups is 2. The monoisotopic (exact) mass is 227 g/mol. The van der Waals surface area contributed by atoms with Crippen molar-refractivity contribution in [2.75, 3.05) is 6.54 Å². The minimum Gasteiger partial charge on any atom is -0.479 e. The Morgan fingerprint density at radius 2 is 2.06 bits per heavy atom. The van der Waals surface area contributed by atoms with Crippen molar-refractivity contribution in [1.29, 1.82) is 0 Å². The molecule has 1 amide bonds. The number of carboxylic acids is 1. The molecule has 5 heteroatoms. The minimum atomic E-state index is -1.04. The molecule has 0 saturated carbocycles. The number of carboxylic acid groups (broad SMARTS) is 1. The second-order valence-corrected chi connectivity index (χ2v) is 4.67. The van der Waals surface area contributed by atoms with Gasteiger partial charge in [-0.15, -0.1) is 0 Å². The van der Waals surface area contributed by atoms with E-state index in [0.29, 0.717) is 13.0 Å². The van der Waals surface area contributed by atoms with Gasteiger partial charge in [0.25, 0.3) is 0 Å². The second kappa shape index (κ2) is 4.55. The first-order valence-corrected chi connectivity index (χ1v) is 5.20. The standard InChI is InChI=1S/C11H17NO4/c1-11(2,3)16-10(15)12-7-5-4-6-8(12)9(13)14/h4,6,8H,5,7H2,1-3H3,(H,13,14). The average molecular weight is 227 g/mol. The quantitative estimate of drug-likeness (QED) is 0.691. The van der Waals surface area contributed by atoms with E-state index in [-0.39, 0.29) is 0 Å². The van der Waals surface area contributed by atoms with Crippen molar-refractivity contribution in [1.82, 2.24) is 4.90 Å². The van der Waals surface area contributed by atoms with Gasteiger partial charge < -0.3 is 9.84 Å². The topological polar surface area (TPSA) is 66.8 Å². The molecule has 0 radical (unpaired) electrons. The normalized spacial score (nSPS) is 20.7. The lowest BCUT2D eigenvalue weighted by Crippen LogP contribution is -2.48. The van der Waals surface area contributed by atoms with Crippen LogP contribution in [0.15, 0.2) is 12.2 Å². The summed E-state index contributed by atoms with van der Waals surface area (Å²) in [6.07, 6.45) is 3.35. The number of hydrogen-bond donors (Lipinski definition) is 1. The summed E-state index contributed by atoms with van der Waals surface area (Å²) in [5.74, 6) is -1.04. The van der Waals surface area contributed by atoms with Crippen LogP contribution >= 0.6 is 0 Å². The summed E-state index contributed by atoms with van der Waals surface area (Å²) in [5, 5.41) is 8.96. The van der Waals surface area contributed by atoms with Gasteiger partial charge in [0.15, 0.2) is 6.04 Å². The molecule has 1 rings (SSSR count). The van der Waals surface area contributed by atoms with E-state index in [0.717, 1.165) is 0 Å². The number of nitrogens with zero attached hydrogens (tertiary/aromatic N) is 1. The molecule has 0 aromatic rings. The minimum absolute atomic E-state index is 0.377. The Morgan fingerprint density at radius 3 is 2.56 bits per heavy atom. The molecule has 1 aliphatic heterocycles. The van der Waals surface area contributed by atoms with E-state index in [4.69, 9.17) is 9.84 Å². The number of aliphatic carboxylic acids is 1. The lowest BCUT2D eigenvalue weighted by atomic mass is 10.1. The zero-order valence-corrected chi connectivity index (χ0v) is 9.77. The maximum absolute atomic E-state index is 11.7. The average Bonchev–Trinajstić information content (AvgIpc) is 2.15. The van der Waals surface area contributed by atoms with Gasteiger partial charge in [0.2, 0.25) is 0 Å². The molecule has 1 aliphatic rings. The van der Waals surface area contributed by atoms with Gasteiger partial charge in [0.1, 0.15) is 5.60 Å². The van der Waals surface area contributed by atoms with Gasteiger partial charge in [-0.2, -0.15) is 0 Å². The Kier molecular flexibility index (Phi) is 3.57. The highest BCUT2D eigenvalue weighted by molar-refractivity contribution is 5.82. The van der Waals surface area contributed by atoms with E-state index in [1.165, 1.54) is 11.0 Å². The van der Waals surface area contributed by atoms with Crippen LogP contribution in [0.5, 0.6) is 0 Å². The molecule has 0 saturated heterocycles. The first kappa shape index (κ1) is 12.5. The number of hydrogen-bond acceptors (Lipinski definition) is 3. The van der Waals surface area contributed by atoms with Crippen LogP contribution in [0, 0.1) is 0 Å². The highest BCUT2D eigenvalue weighted by atomic mass is 16.6. The molecule has 0 aromatic carbocycles. The van der Waals surface area contributed by atoms with Gasteiger partial charge in [-0.25, -0.2) is 9.59 Å². The van der Waals surface area contributed by atoms with E-state index >= 15 is 0 Å². The van der Waals surface area contributed by atoms with Crippen LogP contribution in [0.1, 0.15) is 27.2 Å². The summed E-state index contributed by atoms with van der Waals surface area (Å²) in [6.45, 7) is 5.63. The Hall–Kier alpha value is -1.52. The number of rotatable bonds is 1. The van der Waals surface area contributed by atoms with Crippen LogP contribution in [-0.4, -0.2) is 40.3 Å². The van der Waals surface area contributed by atoms with Crippen molar-refractivity contribution in [3.8, 4) is 0 Å². The molecule has 1 atom stereocenters. The molecule has 0 spiro atoms. The number of amides is 1. The molecular weight excluding hydrogens is 210 g/mol. The third-order valence-corrected chi connectivity index (χ3v) is 2.07. The maximum atomic E-state index is 11.7. The summed E-state index contributed by atoms with van der Waals surface area (Å²) in [6, 6.07) is -0.913. The van der Waals surface area contributed by atoms with Crippen LogP contribution in [0.3, 0.4) is 0 Å². The van der Waals surface area contributed by atoms with Crippen molar-refractivity contribution in [2.24, 2.45) is 0 Å². The lowest BCUT2D eigenvalue weighted by Gasteiger charge is -2.31. The van der Waals surface area contributed by atoms with Gasteiger partial charge in [-0.05, 0) is 27.2 Å². The van der Waals surface area contributed by atoms with Gasteiger partial charge in [0, 0.05) is 6.54 Å². The van der Waals surface area contributed by atoms with Gasteiger partial charge in [-0.3, -0.25) is 4.90 Å². The molecule has 0 aromatic heterocycles. The van der Waals surface area contributed by atoms with Crippen molar-refractivity contribution in [3.05, 3.63) is 12.2 Å². The van der Waals surface area contributed by atoms with Crippen LogP contribution < -0.4 is 0 Å².